The highest BCUT2D eigenvalue weighted by Crippen LogP contribution is 2.11. The van der Waals surface area contributed by atoms with Gasteiger partial charge in [-0.1, -0.05) is 0 Å². The van der Waals surface area contributed by atoms with E-state index in [9.17, 15) is 9.59 Å². The van der Waals surface area contributed by atoms with Gasteiger partial charge < -0.3 is 19.9 Å². The van der Waals surface area contributed by atoms with Gasteiger partial charge in [0.25, 0.3) is 5.91 Å². The molecule has 7 heteroatoms. The van der Waals surface area contributed by atoms with Crippen molar-refractivity contribution in [3.63, 3.8) is 0 Å². The zero-order chi connectivity index (χ0) is 17.4. The third-order valence-corrected chi connectivity index (χ3v) is 3.29. The predicted octanol–water partition coefficient (Wildman–Crippen LogP) is 1.22. The molecular weight excluding hydrogens is 308 g/mol. The molecule has 1 unspecified atom stereocenters. The zero-order valence-corrected chi connectivity index (χ0v) is 13.9. The van der Waals surface area contributed by atoms with E-state index < -0.39 is 0 Å². The van der Waals surface area contributed by atoms with E-state index >= 15 is 0 Å². The van der Waals surface area contributed by atoms with Crippen molar-refractivity contribution < 1.29 is 14.3 Å². The summed E-state index contributed by atoms with van der Waals surface area (Å²) in [6.07, 6.45) is 5.21. The molecule has 0 aliphatic carbocycles. The van der Waals surface area contributed by atoms with Gasteiger partial charge in [-0.25, -0.2) is 4.98 Å². The summed E-state index contributed by atoms with van der Waals surface area (Å²) >= 11 is 0. The van der Waals surface area contributed by atoms with Crippen molar-refractivity contribution in [2.45, 2.75) is 26.4 Å². The van der Waals surface area contributed by atoms with Crippen molar-refractivity contribution in [3.05, 3.63) is 48.5 Å². The number of carbonyl (C=O) groups excluding carboxylic acids is 2. The average molecular weight is 330 g/mol. The summed E-state index contributed by atoms with van der Waals surface area (Å²) in [6, 6.07) is 6.73. The number of benzene rings is 1. The molecule has 1 aromatic carbocycles. The maximum absolute atomic E-state index is 12.0. The van der Waals surface area contributed by atoms with E-state index in [-0.39, 0.29) is 24.4 Å². The van der Waals surface area contributed by atoms with E-state index in [0.29, 0.717) is 24.5 Å². The fourth-order valence-electron chi connectivity index (χ4n) is 2.21. The third-order valence-electron chi connectivity index (χ3n) is 3.29. The summed E-state index contributed by atoms with van der Waals surface area (Å²) in [5.41, 5.74) is 0.484. The van der Waals surface area contributed by atoms with Crippen LogP contribution in [0.4, 0.5) is 0 Å². The molecule has 0 spiro atoms. The van der Waals surface area contributed by atoms with Gasteiger partial charge in [0.05, 0.1) is 19.5 Å². The SMILES string of the molecule is CCOc1ccc(C(=O)NCC(=O)NC(C)Cn2ccnc2)cc1. The Kier molecular flexibility index (Phi) is 6.36. The van der Waals surface area contributed by atoms with E-state index in [0.717, 1.165) is 0 Å². The molecule has 0 saturated heterocycles. The van der Waals surface area contributed by atoms with E-state index in [4.69, 9.17) is 4.74 Å². The van der Waals surface area contributed by atoms with Crippen LogP contribution in [0.25, 0.3) is 0 Å². The second-order valence-corrected chi connectivity index (χ2v) is 5.37. The number of rotatable bonds is 8. The molecule has 2 amide bonds. The van der Waals surface area contributed by atoms with Crippen molar-refractivity contribution in [2.24, 2.45) is 0 Å². The second kappa shape index (κ2) is 8.71. The van der Waals surface area contributed by atoms with Crippen LogP contribution < -0.4 is 15.4 Å². The van der Waals surface area contributed by atoms with Crippen molar-refractivity contribution >= 4 is 11.8 Å². The monoisotopic (exact) mass is 330 g/mol. The fourth-order valence-corrected chi connectivity index (χ4v) is 2.21. The van der Waals surface area contributed by atoms with Crippen LogP contribution in [0, 0.1) is 0 Å². The highest BCUT2D eigenvalue weighted by Gasteiger charge is 2.11. The minimum absolute atomic E-state index is 0.0610. The molecule has 0 aliphatic heterocycles. The molecule has 1 atom stereocenters. The van der Waals surface area contributed by atoms with Crippen LogP contribution in [-0.4, -0.2) is 40.6 Å². The first-order valence-electron chi connectivity index (χ1n) is 7.84. The standard InChI is InChI=1S/C17H22N4O3/c1-3-24-15-6-4-14(5-7-15)17(23)19-10-16(22)20-13(2)11-21-9-8-18-12-21/h4-9,12-13H,3,10-11H2,1-2H3,(H,19,23)(H,20,22). The number of hydrogen-bond donors (Lipinski definition) is 2. The average Bonchev–Trinajstić information content (AvgIpc) is 3.06. The Morgan fingerprint density at radius 2 is 2.04 bits per heavy atom. The molecule has 24 heavy (non-hydrogen) atoms. The van der Waals surface area contributed by atoms with Crippen molar-refractivity contribution in [3.8, 4) is 5.75 Å². The van der Waals surface area contributed by atoms with Crippen molar-refractivity contribution in [1.82, 2.24) is 20.2 Å². The molecule has 1 aromatic heterocycles. The molecule has 2 aromatic rings. The molecular formula is C17H22N4O3. The zero-order valence-electron chi connectivity index (χ0n) is 13.9. The topological polar surface area (TPSA) is 85.2 Å². The Bertz CT molecular complexity index is 653. The van der Waals surface area contributed by atoms with Gasteiger partial charge in [0, 0.05) is 30.5 Å². The number of nitrogens with one attached hydrogen (secondary N) is 2. The van der Waals surface area contributed by atoms with E-state index in [1.54, 1.807) is 36.8 Å². The molecule has 2 N–H and O–H groups in total. The Labute approximate surface area is 141 Å². The summed E-state index contributed by atoms with van der Waals surface area (Å²) < 4.78 is 7.20. The molecule has 0 bridgehead atoms. The Morgan fingerprint density at radius 1 is 1.29 bits per heavy atom. The molecule has 0 aliphatic rings. The van der Waals surface area contributed by atoms with Crippen LogP contribution in [-0.2, 0) is 11.3 Å². The summed E-state index contributed by atoms with van der Waals surface area (Å²) in [5.74, 6) is 0.178. The van der Waals surface area contributed by atoms with Crippen LogP contribution in [0.3, 0.4) is 0 Å². The maximum atomic E-state index is 12.0. The molecule has 2 rings (SSSR count). The number of aromatic nitrogens is 2. The second-order valence-electron chi connectivity index (χ2n) is 5.37. The van der Waals surface area contributed by atoms with Crippen LogP contribution >= 0.6 is 0 Å². The molecule has 1 heterocycles. The maximum Gasteiger partial charge on any atom is 0.251 e. The third kappa shape index (κ3) is 5.42. The number of imidazole rings is 1. The lowest BCUT2D eigenvalue weighted by Crippen LogP contribution is -2.42. The molecule has 0 saturated carbocycles. The minimum Gasteiger partial charge on any atom is -0.494 e. The lowest BCUT2D eigenvalue weighted by molar-refractivity contribution is -0.120. The highest BCUT2D eigenvalue weighted by molar-refractivity contribution is 5.96. The Hall–Kier alpha value is -2.83. The number of ether oxygens (including phenoxy) is 1. The summed E-state index contributed by atoms with van der Waals surface area (Å²) in [5, 5.41) is 5.43. The molecule has 7 nitrogen and oxygen atoms in total. The Morgan fingerprint density at radius 3 is 2.67 bits per heavy atom. The Balaban J connectivity index is 1.75. The van der Waals surface area contributed by atoms with E-state index in [1.807, 2.05) is 24.6 Å². The smallest absolute Gasteiger partial charge is 0.251 e. The largest absolute Gasteiger partial charge is 0.494 e. The first-order valence-corrected chi connectivity index (χ1v) is 7.84. The summed E-state index contributed by atoms with van der Waals surface area (Å²) in [4.78, 5) is 27.9. The van der Waals surface area contributed by atoms with Crippen LogP contribution in [0.15, 0.2) is 43.0 Å². The number of nitrogens with zero attached hydrogens (tertiary/aromatic N) is 2. The normalized spacial score (nSPS) is 11.6. The summed E-state index contributed by atoms with van der Waals surface area (Å²) in [7, 11) is 0. The lowest BCUT2D eigenvalue weighted by atomic mass is 10.2. The molecule has 0 radical (unpaired) electrons. The van der Waals surface area contributed by atoms with Crippen LogP contribution in [0.2, 0.25) is 0 Å². The van der Waals surface area contributed by atoms with Gasteiger partial charge in [0.15, 0.2) is 0 Å². The van der Waals surface area contributed by atoms with Crippen LogP contribution in [0.5, 0.6) is 5.75 Å². The number of carbonyl (C=O) groups is 2. The van der Waals surface area contributed by atoms with E-state index in [1.165, 1.54) is 0 Å². The molecule has 0 fully saturated rings. The van der Waals surface area contributed by atoms with Gasteiger partial charge >= 0.3 is 0 Å². The van der Waals surface area contributed by atoms with Gasteiger partial charge in [-0.15, -0.1) is 0 Å². The first-order chi connectivity index (χ1) is 11.6. The summed E-state index contributed by atoms with van der Waals surface area (Å²) in [6.45, 7) is 4.92. The van der Waals surface area contributed by atoms with Crippen molar-refractivity contribution in [1.29, 1.82) is 0 Å². The van der Waals surface area contributed by atoms with Gasteiger partial charge in [0.2, 0.25) is 5.91 Å². The predicted molar refractivity (Wildman–Crippen MR) is 89.8 cm³/mol. The highest BCUT2D eigenvalue weighted by atomic mass is 16.5. The van der Waals surface area contributed by atoms with Gasteiger partial charge in [0.1, 0.15) is 5.75 Å². The first kappa shape index (κ1) is 17.5. The fraction of sp³-hybridized carbons (Fsp3) is 0.353. The number of amides is 2. The van der Waals surface area contributed by atoms with Gasteiger partial charge in [-0.3, -0.25) is 9.59 Å². The quantitative estimate of drug-likeness (QED) is 0.762. The van der Waals surface area contributed by atoms with E-state index in [2.05, 4.69) is 15.6 Å². The number of hydrogen-bond acceptors (Lipinski definition) is 4. The van der Waals surface area contributed by atoms with Gasteiger partial charge in [-0.2, -0.15) is 0 Å². The minimum atomic E-state index is -0.296. The lowest BCUT2D eigenvalue weighted by Gasteiger charge is -2.14. The van der Waals surface area contributed by atoms with Crippen molar-refractivity contribution in [2.75, 3.05) is 13.2 Å². The van der Waals surface area contributed by atoms with Crippen LogP contribution in [0.1, 0.15) is 24.2 Å². The van der Waals surface area contributed by atoms with Gasteiger partial charge in [-0.05, 0) is 38.1 Å². The molecule has 128 valence electrons.